The molecule has 1 nitrogen and oxygen atoms in total. The first-order valence-corrected chi connectivity index (χ1v) is 5.45. The molecule has 0 spiro atoms. The lowest BCUT2D eigenvalue weighted by atomic mass is 10.0. The Balaban J connectivity index is 2.58. The summed E-state index contributed by atoms with van der Waals surface area (Å²) in [5, 5.41) is 0. The van der Waals surface area contributed by atoms with Crippen LogP contribution in [0.4, 0.5) is 0 Å². The lowest BCUT2D eigenvalue weighted by molar-refractivity contribution is 0.261. The highest BCUT2D eigenvalue weighted by Gasteiger charge is 2.11. The van der Waals surface area contributed by atoms with Gasteiger partial charge >= 0.3 is 0 Å². The Morgan fingerprint density at radius 2 is 2.00 bits per heavy atom. The standard InChI is InChI=1S/C14H19N/c1-4-11-15(3)14(5-2)12-13-9-7-6-8-10-13/h1,6-10,14H,5,11-12H2,2-3H3. The maximum atomic E-state index is 5.32. The highest BCUT2D eigenvalue weighted by molar-refractivity contribution is 5.16. The number of terminal acetylenes is 1. The molecule has 0 bridgehead atoms. The molecule has 1 heteroatoms. The van der Waals surface area contributed by atoms with Gasteiger partial charge in [0.2, 0.25) is 0 Å². The van der Waals surface area contributed by atoms with Crippen molar-refractivity contribution in [1.82, 2.24) is 4.90 Å². The minimum atomic E-state index is 0.545. The third-order valence-corrected chi connectivity index (χ3v) is 2.75. The lowest BCUT2D eigenvalue weighted by Crippen LogP contribution is -2.33. The second kappa shape index (κ2) is 6.27. The molecule has 0 aromatic heterocycles. The van der Waals surface area contributed by atoms with E-state index in [9.17, 15) is 0 Å². The molecule has 0 saturated heterocycles. The van der Waals surface area contributed by atoms with Crippen LogP contribution in [-0.2, 0) is 6.42 Å². The second-order valence-electron chi connectivity index (χ2n) is 3.87. The van der Waals surface area contributed by atoms with Crippen molar-refractivity contribution in [2.75, 3.05) is 13.6 Å². The molecule has 1 aromatic carbocycles. The summed E-state index contributed by atoms with van der Waals surface area (Å²) in [7, 11) is 2.09. The van der Waals surface area contributed by atoms with Crippen LogP contribution in [-0.4, -0.2) is 24.5 Å². The fourth-order valence-corrected chi connectivity index (χ4v) is 1.77. The minimum absolute atomic E-state index is 0.545. The Kier molecular flexibility index (Phi) is 4.93. The van der Waals surface area contributed by atoms with Gasteiger partial charge in [0, 0.05) is 6.04 Å². The predicted octanol–water partition coefficient (Wildman–Crippen LogP) is 2.57. The van der Waals surface area contributed by atoms with Crippen molar-refractivity contribution in [2.45, 2.75) is 25.8 Å². The summed E-state index contributed by atoms with van der Waals surface area (Å²) in [6.07, 6.45) is 7.53. The number of likely N-dealkylation sites (N-methyl/N-ethyl adjacent to an activating group) is 1. The van der Waals surface area contributed by atoms with E-state index in [1.165, 1.54) is 5.56 Å². The monoisotopic (exact) mass is 201 g/mol. The molecule has 0 N–H and O–H groups in total. The van der Waals surface area contributed by atoms with Gasteiger partial charge in [-0.3, -0.25) is 4.90 Å². The molecule has 0 radical (unpaired) electrons. The van der Waals surface area contributed by atoms with Crippen molar-refractivity contribution in [3.05, 3.63) is 35.9 Å². The molecule has 1 atom stereocenters. The van der Waals surface area contributed by atoms with Crippen LogP contribution < -0.4 is 0 Å². The van der Waals surface area contributed by atoms with Gasteiger partial charge in [0.25, 0.3) is 0 Å². The van der Waals surface area contributed by atoms with Crippen LogP contribution in [0.25, 0.3) is 0 Å². The van der Waals surface area contributed by atoms with Crippen molar-refractivity contribution < 1.29 is 0 Å². The molecule has 0 fully saturated rings. The van der Waals surface area contributed by atoms with Crippen molar-refractivity contribution >= 4 is 0 Å². The first-order valence-electron chi connectivity index (χ1n) is 5.45. The molecule has 1 rings (SSSR count). The van der Waals surface area contributed by atoms with E-state index in [1.807, 2.05) is 0 Å². The quantitative estimate of drug-likeness (QED) is 0.662. The molecule has 0 aliphatic rings. The van der Waals surface area contributed by atoms with Crippen molar-refractivity contribution in [1.29, 1.82) is 0 Å². The van der Waals surface area contributed by atoms with E-state index in [0.717, 1.165) is 19.4 Å². The Morgan fingerprint density at radius 1 is 1.33 bits per heavy atom. The van der Waals surface area contributed by atoms with Gasteiger partial charge < -0.3 is 0 Å². The molecular formula is C14H19N. The molecule has 0 aliphatic carbocycles. The van der Waals surface area contributed by atoms with Gasteiger partial charge in [-0.2, -0.15) is 0 Å². The van der Waals surface area contributed by atoms with Crippen molar-refractivity contribution in [3.8, 4) is 12.3 Å². The van der Waals surface area contributed by atoms with Crippen LogP contribution in [0.2, 0.25) is 0 Å². The minimum Gasteiger partial charge on any atom is -0.292 e. The van der Waals surface area contributed by atoms with Gasteiger partial charge in [-0.15, -0.1) is 6.42 Å². The van der Waals surface area contributed by atoms with Crippen LogP contribution in [0.3, 0.4) is 0 Å². The Morgan fingerprint density at radius 3 is 2.53 bits per heavy atom. The summed E-state index contributed by atoms with van der Waals surface area (Å²) in [4.78, 5) is 2.24. The zero-order chi connectivity index (χ0) is 11.1. The van der Waals surface area contributed by atoms with E-state index in [0.29, 0.717) is 6.04 Å². The van der Waals surface area contributed by atoms with Crippen molar-refractivity contribution in [2.24, 2.45) is 0 Å². The number of rotatable bonds is 5. The van der Waals surface area contributed by atoms with E-state index in [-0.39, 0.29) is 0 Å². The van der Waals surface area contributed by atoms with Crippen molar-refractivity contribution in [3.63, 3.8) is 0 Å². The lowest BCUT2D eigenvalue weighted by Gasteiger charge is -2.25. The summed E-state index contributed by atoms with van der Waals surface area (Å²) >= 11 is 0. The first kappa shape index (κ1) is 11.8. The van der Waals surface area contributed by atoms with Gasteiger partial charge in [0.15, 0.2) is 0 Å². The topological polar surface area (TPSA) is 3.24 Å². The third-order valence-electron chi connectivity index (χ3n) is 2.75. The molecule has 15 heavy (non-hydrogen) atoms. The summed E-state index contributed by atoms with van der Waals surface area (Å²) in [5.74, 6) is 2.69. The number of hydrogen-bond acceptors (Lipinski definition) is 1. The summed E-state index contributed by atoms with van der Waals surface area (Å²) in [5.41, 5.74) is 1.38. The highest BCUT2D eigenvalue weighted by atomic mass is 15.1. The molecule has 0 amide bonds. The Bertz CT molecular complexity index is 310. The molecule has 0 saturated carbocycles. The van der Waals surface area contributed by atoms with E-state index >= 15 is 0 Å². The zero-order valence-electron chi connectivity index (χ0n) is 9.61. The van der Waals surface area contributed by atoms with Crippen LogP contribution in [0.1, 0.15) is 18.9 Å². The van der Waals surface area contributed by atoms with Gasteiger partial charge in [-0.25, -0.2) is 0 Å². The first-order chi connectivity index (χ1) is 7.27. The van der Waals surface area contributed by atoms with Crippen LogP contribution in [0.5, 0.6) is 0 Å². The normalized spacial score (nSPS) is 12.4. The summed E-state index contributed by atoms with van der Waals surface area (Å²) < 4.78 is 0. The maximum Gasteiger partial charge on any atom is 0.0598 e. The SMILES string of the molecule is C#CCN(C)C(CC)Cc1ccccc1. The molecule has 0 heterocycles. The summed E-state index contributed by atoms with van der Waals surface area (Å²) in [6, 6.07) is 11.1. The van der Waals surface area contributed by atoms with E-state index < -0.39 is 0 Å². The predicted molar refractivity (Wildman–Crippen MR) is 65.7 cm³/mol. The molecular weight excluding hydrogens is 182 g/mol. The van der Waals surface area contributed by atoms with Crippen LogP contribution in [0, 0.1) is 12.3 Å². The summed E-state index contributed by atoms with van der Waals surface area (Å²) in [6.45, 7) is 2.94. The third kappa shape index (κ3) is 3.77. The average molecular weight is 201 g/mol. The van der Waals surface area contributed by atoms with E-state index in [2.05, 4.69) is 55.1 Å². The van der Waals surface area contributed by atoms with Crippen LogP contribution in [0.15, 0.2) is 30.3 Å². The highest BCUT2D eigenvalue weighted by Crippen LogP contribution is 2.10. The maximum absolute atomic E-state index is 5.32. The van der Waals surface area contributed by atoms with E-state index in [4.69, 9.17) is 6.42 Å². The largest absolute Gasteiger partial charge is 0.292 e. The van der Waals surface area contributed by atoms with E-state index in [1.54, 1.807) is 0 Å². The smallest absolute Gasteiger partial charge is 0.0598 e. The number of benzene rings is 1. The number of hydrogen-bond donors (Lipinski definition) is 0. The average Bonchev–Trinajstić information content (AvgIpc) is 2.27. The van der Waals surface area contributed by atoms with Gasteiger partial charge in [0.05, 0.1) is 6.54 Å². The zero-order valence-corrected chi connectivity index (χ0v) is 9.61. The van der Waals surface area contributed by atoms with Crippen LogP contribution >= 0.6 is 0 Å². The molecule has 1 aromatic rings. The fraction of sp³-hybridized carbons (Fsp3) is 0.429. The fourth-order valence-electron chi connectivity index (χ4n) is 1.77. The Labute approximate surface area is 93.1 Å². The Hall–Kier alpha value is -1.26. The molecule has 0 aliphatic heterocycles. The van der Waals surface area contributed by atoms with Gasteiger partial charge in [0.1, 0.15) is 0 Å². The molecule has 1 unspecified atom stereocenters. The molecule has 80 valence electrons. The number of nitrogens with zero attached hydrogens (tertiary/aromatic N) is 1. The van der Waals surface area contributed by atoms with Gasteiger partial charge in [-0.1, -0.05) is 43.2 Å². The van der Waals surface area contributed by atoms with Gasteiger partial charge in [-0.05, 0) is 25.5 Å². The second-order valence-corrected chi connectivity index (χ2v) is 3.87.